The summed E-state index contributed by atoms with van der Waals surface area (Å²) in [6.07, 6.45) is 3.39. The van der Waals surface area contributed by atoms with Gasteiger partial charge < -0.3 is 10.2 Å². The second-order valence-corrected chi connectivity index (χ2v) is 3.82. The van der Waals surface area contributed by atoms with Crippen molar-refractivity contribution in [3.05, 3.63) is 24.4 Å². The van der Waals surface area contributed by atoms with Crippen molar-refractivity contribution in [2.75, 3.05) is 24.3 Å². The number of hydrogen-bond acceptors (Lipinski definition) is 6. The van der Waals surface area contributed by atoms with Crippen molar-refractivity contribution in [2.24, 2.45) is 7.05 Å². The first-order valence-electron chi connectivity index (χ1n) is 5.24. The fraction of sp³-hybridized carbons (Fsp3) is 0.400. The van der Waals surface area contributed by atoms with Gasteiger partial charge in [0, 0.05) is 27.3 Å². The Morgan fingerprint density at radius 1 is 1.35 bits per heavy atom. The van der Waals surface area contributed by atoms with E-state index in [1.54, 1.807) is 17.2 Å². The summed E-state index contributed by atoms with van der Waals surface area (Å²) in [5.74, 6) is 2.16. The lowest BCUT2D eigenvalue weighted by atomic mass is 10.5. The van der Waals surface area contributed by atoms with Crippen LogP contribution in [0, 0.1) is 0 Å². The second-order valence-electron chi connectivity index (χ2n) is 3.82. The van der Waals surface area contributed by atoms with Crippen LogP contribution < -0.4 is 10.2 Å². The minimum Gasteiger partial charge on any atom is -0.363 e. The number of aryl methyl sites for hydroxylation is 1. The summed E-state index contributed by atoms with van der Waals surface area (Å²) in [5.41, 5.74) is 0. The molecule has 2 heterocycles. The van der Waals surface area contributed by atoms with Gasteiger partial charge in [-0.2, -0.15) is 10.1 Å². The Balaban J connectivity index is 2.01. The Bertz CT molecular complexity index is 491. The molecule has 0 aliphatic carbocycles. The molecule has 0 atom stereocenters. The van der Waals surface area contributed by atoms with E-state index < -0.39 is 0 Å². The monoisotopic (exact) mass is 233 g/mol. The van der Waals surface area contributed by atoms with Crippen molar-refractivity contribution in [1.29, 1.82) is 0 Å². The van der Waals surface area contributed by atoms with E-state index in [0.29, 0.717) is 12.5 Å². The van der Waals surface area contributed by atoms with Gasteiger partial charge in [0.05, 0.1) is 6.54 Å². The topological polar surface area (TPSA) is 71.8 Å². The highest BCUT2D eigenvalue weighted by molar-refractivity contribution is 5.40. The molecule has 17 heavy (non-hydrogen) atoms. The molecule has 0 aliphatic rings. The fourth-order valence-corrected chi connectivity index (χ4v) is 1.30. The van der Waals surface area contributed by atoms with Gasteiger partial charge in [-0.05, 0) is 6.07 Å². The van der Waals surface area contributed by atoms with Crippen LogP contribution in [0.5, 0.6) is 0 Å². The van der Waals surface area contributed by atoms with Gasteiger partial charge in [0.2, 0.25) is 5.95 Å². The zero-order chi connectivity index (χ0) is 12.3. The second kappa shape index (κ2) is 4.77. The van der Waals surface area contributed by atoms with Crippen molar-refractivity contribution in [2.45, 2.75) is 6.54 Å². The molecule has 2 aromatic rings. The molecule has 0 amide bonds. The molecule has 2 rings (SSSR count). The van der Waals surface area contributed by atoms with Crippen molar-refractivity contribution in [3.63, 3.8) is 0 Å². The first kappa shape index (κ1) is 11.3. The van der Waals surface area contributed by atoms with Crippen LogP contribution in [0.15, 0.2) is 18.6 Å². The summed E-state index contributed by atoms with van der Waals surface area (Å²) in [4.78, 5) is 14.4. The Hall–Kier alpha value is -2.18. The molecule has 0 unspecified atom stereocenters. The van der Waals surface area contributed by atoms with Crippen LogP contribution in [0.1, 0.15) is 5.82 Å². The van der Waals surface area contributed by atoms with E-state index in [0.717, 1.165) is 11.6 Å². The molecule has 0 aliphatic heterocycles. The number of rotatable bonds is 4. The zero-order valence-corrected chi connectivity index (χ0v) is 10.1. The third-order valence-corrected chi connectivity index (χ3v) is 2.12. The van der Waals surface area contributed by atoms with Crippen LogP contribution >= 0.6 is 0 Å². The molecule has 2 aromatic heterocycles. The Labute approximate surface area is 99.5 Å². The standard InChI is InChI=1S/C10H15N7/c1-16(2)10-11-5-4-8(14-10)12-6-9-13-7-17(3)15-9/h4-5,7H,6H2,1-3H3,(H,11,12,14). The maximum atomic E-state index is 4.34. The number of anilines is 2. The van der Waals surface area contributed by atoms with Gasteiger partial charge in [-0.3, -0.25) is 4.68 Å². The molecule has 0 saturated carbocycles. The normalized spacial score (nSPS) is 10.3. The molecule has 1 N–H and O–H groups in total. The van der Waals surface area contributed by atoms with E-state index in [9.17, 15) is 0 Å². The van der Waals surface area contributed by atoms with Gasteiger partial charge >= 0.3 is 0 Å². The molecule has 90 valence electrons. The lowest BCUT2D eigenvalue weighted by Crippen LogP contribution is -2.13. The number of nitrogens with one attached hydrogen (secondary N) is 1. The maximum absolute atomic E-state index is 4.34. The molecule has 0 aromatic carbocycles. The fourth-order valence-electron chi connectivity index (χ4n) is 1.30. The third kappa shape index (κ3) is 2.90. The van der Waals surface area contributed by atoms with Crippen LogP contribution in [-0.2, 0) is 13.6 Å². The number of aromatic nitrogens is 5. The summed E-state index contributed by atoms with van der Waals surface area (Å²) in [5, 5.41) is 7.33. The summed E-state index contributed by atoms with van der Waals surface area (Å²) >= 11 is 0. The lowest BCUT2D eigenvalue weighted by Gasteiger charge is -2.10. The molecule has 7 heteroatoms. The predicted molar refractivity (Wildman–Crippen MR) is 64.7 cm³/mol. The Morgan fingerprint density at radius 3 is 2.82 bits per heavy atom. The maximum Gasteiger partial charge on any atom is 0.226 e. The lowest BCUT2D eigenvalue weighted by molar-refractivity contribution is 0.747. The SMILES string of the molecule is CN(C)c1nccc(NCc2ncn(C)n2)n1. The van der Waals surface area contributed by atoms with Crippen LogP contribution in [0.25, 0.3) is 0 Å². The van der Waals surface area contributed by atoms with Crippen LogP contribution in [0.2, 0.25) is 0 Å². The van der Waals surface area contributed by atoms with Crippen molar-refractivity contribution in [3.8, 4) is 0 Å². The van der Waals surface area contributed by atoms with Crippen LogP contribution in [0.4, 0.5) is 11.8 Å². The molecular formula is C10H15N7. The summed E-state index contributed by atoms with van der Waals surface area (Å²) < 4.78 is 1.67. The minimum atomic E-state index is 0.546. The first-order chi connectivity index (χ1) is 8.15. The average Bonchev–Trinajstić information content (AvgIpc) is 2.73. The Morgan fingerprint density at radius 2 is 2.18 bits per heavy atom. The molecule has 0 spiro atoms. The van der Waals surface area contributed by atoms with E-state index in [1.165, 1.54) is 0 Å². The number of hydrogen-bond donors (Lipinski definition) is 1. The number of nitrogens with zero attached hydrogens (tertiary/aromatic N) is 6. The van der Waals surface area contributed by atoms with Gasteiger partial charge in [0.1, 0.15) is 12.1 Å². The zero-order valence-electron chi connectivity index (χ0n) is 10.1. The molecule has 0 bridgehead atoms. The highest BCUT2D eigenvalue weighted by Crippen LogP contribution is 2.08. The van der Waals surface area contributed by atoms with E-state index >= 15 is 0 Å². The molecular weight excluding hydrogens is 218 g/mol. The van der Waals surface area contributed by atoms with Gasteiger partial charge in [-0.15, -0.1) is 0 Å². The highest BCUT2D eigenvalue weighted by Gasteiger charge is 2.02. The molecule has 0 radical (unpaired) electrons. The highest BCUT2D eigenvalue weighted by atomic mass is 15.3. The quantitative estimate of drug-likeness (QED) is 0.818. The van der Waals surface area contributed by atoms with E-state index in [1.807, 2.05) is 32.1 Å². The Kier molecular flexibility index (Phi) is 3.17. The molecule has 0 fully saturated rings. The predicted octanol–water partition coefficient (Wildman–Crippen LogP) is 0.283. The van der Waals surface area contributed by atoms with E-state index in [2.05, 4.69) is 25.4 Å². The summed E-state index contributed by atoms with van der Waals surface area (Å²) in [7, 11) is 5.64. The average molecular weight is 233 g/mol. The minimum absolute atomic E-state index is 0.546. The summed E-state index contributed by atoms with van der Waals surface area (Å²) in [6, 6.07) is 1.82. The van der Waals surface area contributed by atoms with Gasteiger partial charge in [-0.25, -0.2) is 9.97 Å². The summed E-state index contributed by atoms with van der Waals surface area (Å²) in [6.45, 7) is 0.546. The van der Waals surface area contributed by atoms with Gasteiger partial charge in [0.25, 0.3) is 0 Å². The largest absolute Gasteiger partial charge is 0.363 e. The third-order valence-electron chi connectivity index (χ3n) is 2.12. The van der Waals surface area contributed by atoms with E-state index in [4.69, 9.17) is 0 Å². The van der Waals surface area contributed by atoms with Gasteiger partial charge in [-0.1, -0.05) is 0 Å². The van der Waals surface area contributed by atoms with Crippen molar-refractivity contribution < 1.29 is 0 Å². The molecule has 0 saturated heterocycles. The van der Waals surface area contributed by atoms with Crippen LogP contribution in [-0.4, -0.2) is 38.8 Å². The molecule has 7 nitrogen and oxygen atoms in total. The van der Waals surface area contributed by atoms with E-state index in [-0.39, 0.29) is 0 Å². The first-order valence-corrected chi connectivity index (χ1v) is 5.24. The van der Waals surface area contributed by atoms with Gasteiger partial charge in [0.15, 0.2) is 5.82 Å². The van der Waals surface area contributed by atoms with Crippen LogP contribution in [0.3, 0.4) is 0 Å². The van der Waals surface area contributed by atoms with Crippen molar-refractivity contribution >= 4 is 11.8 Å². The smallest absolute Gasteiger partial charge is 0.226 e. The van der Waals surface area contributed by atoms with Crippen molar-refractivity contribution in [1.82, 2.24) is 24.7 Å².